The van der Waals surface area contributed by atoms with Crippen LogP contribution in [0.25, 0.3) is 0 Å². The maximum atomic E-state index is 11.7. The fourth-order valence-corrected chi connectivity index (χ4v) is 2.63. The van der Waals surface area contributed by atoms with Gasteiger partial charge in [-0.1, -0.05) is 23.2 Å². The van der Waals surface area contributed by atoms with Crippen LogP contribution in [0.4, 0.5) is 4.79 Å². The number of hydrogen-bond donors (Lipinski definition) is 1. The third-order valence-corrected chi connectivity index (χ3v) is 3.55. The van der Waals surface area contributed by atoms with Gasteiger partial charge in [-0.2, -0.15) is 0 Å². The molecule has 1 aromatic carbocycles. The summed E-state index contributed by atoms with van der Waals surface area (Å²) in [5, 5.41) is 3.96. The molecule has 114 valence electrons. The molecule has 1 aliphatic heterocycles. The first kappa shape index (κ1) is 15.9. The molecule has 0 spiro atoms. The Kier molecular flexibility index (Phi) is 5.70. The lowest BCUT2D eigenvalue weighted by Crippen LogP contribution is -2.32. The predicted molar refractivity (Wildman–Crippen MR) is 80.7 cm³/mol. The summed E-state index contributed by atoms with van der Waals surface area (Å²) in [4.78, 5) is 24.4. The van der Waals surface area contributed by atoms with Gasteiger partial charge in [-0.25, -0.2) is 4.79 Å². The number of nitrogens with one attached hydrogen (secondary N) is 1. The lowest BCUT2D eigenvalue weighted by molar-refractivity contribution is -0.121. The van der Waals surface area contributed by atoms with Crippen molar-refractivity contribution in [2.75, 3.05) is 26.2 Å². The number of ether oxygens (including phenoxy) is 1. The molecule has 0 aromatic heterocycles. The topological polar surface area (TPSA) is 58.6 Å². The standard InChI is InChI=1S/C14H16Cl2N2O3/c15-11-7-10(8-12(16)9-11)1-3-17-13(19)2-4-18-5-6-21-14(18)20/h7-9H,1-6H2,(H,17,19). The van der Waals surface area contributed by atoms with Gasteiger partial charge in [-0.15, -0.1) is 0 Å². The third kappa shape index (κ3) is 5.10. The Bertz CT molecular complexity index is 517. The number of nitrogens with zero attached hydrogens (tertiary/aromatic N) is 1. The Morgan fingerprint density at radius 2 is 2.00 bits per heavy atom. The van der Waals surface area contributed by atoms with Crippen LogP contribution in [-0.2, 0) is 16.0 Å². The van der Waals surface area contributed by atoms with Gasteiger partial charge in [0.2, 0.25) is 5.91 Å². The Hall–Kier alpha value is -1.46. The van der Waals surface area contributed by atoms with E-state index in [1.807, 2.05) is 12.1 Å². The number of hydrogen-bond acceptors (Lipinski definition) is 3. The second-order valence-electron chi connectivity index (χ2n) is 4.73. The van der Waals surface area contributed by atoms with Crippen LogP contribution >= 0.6 is 23.2 Å². The smallest absolute Gasteiger partial charge is 0.409 e. The molecule has 1 heterocycles. The molecule has 1 aromatic rings. The maximum absolute atomic E-state index is 11.7. The van der Waals surface area contributed by atoms with Gasteiger partial charge in [-0.05, 0) is 30.2 Å². The van der Waals surface area contributed by atoms with E-state index in [4.69, 9.17) is 27.9 Å². The normalized spacial score (nSPS) is 14.2. The van der Waals surface area contributed by atoms with Gasteiger partial charge >= 0.3 is 6.09 Å². The second-order valence-corrected chi connectivity index (χ2v) is 5.60. The number of carbonyl (C=O) groups excluding carboxylic acids is 2. The molecule has 1 fully saturated rings. The van der Waals surface area contributed by atoms with Gasteiger partial charge in [0, 0.05) is 29.6 Å². The Morgan fingerprint density at radius 3 is 2.62 bits per heavy atom. The summed E-state index contributed by atoms with van der Waals surface area (Å²) in [5.74, 6) is -0.0946. The van der Waals surface area contributed by atoms with Crippen LogP contribution in [0.1, 0.15) is 12.0 Å². The number of cyclic esters (lactones) is 1. The van der Waals surface area contributed by atoms with Crippen LogP contribution in [0.15, 0.2) is 18.2 Å². The molecule has 2 rings (SSSR count). The zero-order valence-corrected chi connectivity index (χ0v) is 12.9. The van der Waals surface area contributed by atoms with Gasteiger partial charge < -0.3 is 15.0 Å². The third-order valence-electron chi connectivity index (χ3n) is 3.11. The minimum Gasteiger partial charge on any atom is -0.448 e. The van der Waals surface area contributed by atoms with E-state index < -0.39 is 0 Å². The fourth-order valence-electron chi connectivity index (χ4n) is 2.06. The van der Waals surface area contributed by atoms with E-state index in [0.29, 0.717) is 42.7 Å². The van der Waals surface area contributed by atoms with Gasteiger partial charge in [0.25, 0.3) is 0 Å². The van der Waals surface area contributed by atoms with Gasteiger partial charge in [-0.3, -0.25) is 4.79 Å². The number of carbonyl (C=O) groups is 2. The quantitative estimate of drug-likeness (QED) is 0.871. The first-order valence-corrected chi connectivity index (χ1v) is 7.43. The highest BCUT2D eigenvalue weighted by Crippen LogP contribution is 2.19. The van der Waals surface area contributed by atoms with E-state index >= 15 is 0 Å². The van der Waals surface area contributed by atoms with Crippen LogP contribution in [0.2, 0.25) is 10.0 Å². The van der Waals surface area contributed by atoms with E-state index in [9.17, 15) is 9.59 Å². The molecule has 1 aliphatic rings. The summed E-state index contributed by atoms with van der Waals surface area (Å²) in [6, 6.07) is 5.31. The molecule has 0 bridgehead atoms. The molecule has 2 amide bonds. The van der Waals surface area contributed by atoms with Gasteiger partial charge in [0.05, 0.1) is 6.54 Å². The fraction of sp³-hybridized carbons (Fsp3) is 0.429. The Balaban J connectivity index is 1.68. The predicted octanol–water partition coefficient (Wildman–Crippen LogP) is 2.49. The highest BCUT2D eigenvalue weighted by molar-refractivity contribution is 6.34. The lowest BCUT2D eigenvalue weighted by Gasteiger charge is -2.12. The first-order chi connectivity index (χ1) is 10.0. The second kappa shape index (κ2) is 7.52. The minimum absolute atomic E-state index is 0.0946. The van der Waals surface area contributed by atoms with E-state index in [0.717, 1.165) is 5.56 Å². The van der Waals surface area contributed by atoms with E-state index in [-0.39, 0.29) is 18.4 Å². The molecule has 0 unspecified atom stereocenters. The van der Waals surface area contributed by atoms with Crippen LogP contribution in [0.5, 0.6) is 0 Å². The summed E-state index contributed by atoms with van der Waals surface area (Å²) in [5.41, 5.74) is 0.968. The Labute approximate surface area is 133 Å². The molecule has 0 aliphatic carbocycles. The zero-order valence-electron chi connectivity index (χ0n) is 11.4. The van der Waals surface area contributed by atoms with Gasteiger partial charge in [0.1, 0.15) is 6.61 Å². The highest BCUT2D eigenvalue weighted by atomic mass is 35.5. The molecule has 7 heteroatoms. The van der Waals surface area contributed by atoms with E-state index in [1.54, 1.807) is 6.07 Å². The summed E-state index contributed by atoms with van der Waals surface area (Å²) in [6.07, 6.45) is 0.569. The number of rotatable bonds is 6. The SMILES string of the molecule is O=C(CCN1CCOC1=O)NCCc1cc(Cl)cc(Cl)c1. The molecule has 0 radical (unpaired) electrons. The highest BCUT2D eigenvalue weighted by Gasteiger charge is 2.21. The molecule has 0 saturated carbocycles. The molecular weight excluding hydrogens is 315 g/mol. The largest absolute Gasteiger partial charge is 0.448 e. The van der Waals surface area contributed by atoms with Crippen molar-refractivity contribution in [1.29, 1.82) is 0 Å². The summed E-state index contributed by atoms with van der Waals surface area (Å²) < 4.78 is 4.79. The van der Waals surface area contributed by atoms with Gasteiger partial charge in [0.15, 0.2) is 0 Å². The summed E-state index contributed by atoms with van der Waals surface area (Å²) >= 11 is 11.8. The minimum atomic E-state index is -0.351. The molecule has 1 saturated heterocycles. The van der Waals surface area contributed by atoms with Crippen LogP contribution in [-0.4, -0.2) is 43.1 Å². The average Bonchev–Trinajstić information content (AvgIpc) is 2.81. The molecular formula is C14H16Cl2N2O3. The van der Waals surface area contributed by atoms with Crippen molar-refractivity contribution in [3.05, 3.63) is 33.8 Å². The van der Waals surface area contributed by atoms with Crippen molar-refractivity contribution in [1.82, 2.24) is 10.2 Å². The molecule has 21 heavy (non-hydrogen) atoms. The Morgan fingerprint density at radius 1 is 1.29 bits per heavy atom. The van der Waals surface area contributed by atoms with E-state index in [2.05, 4.69) is 5.32 Å². The molecule has 0 atom stereocenters. The zero-order chi connectivity index (χ0) is 15.2. The molecule has 1 N–H and O–H groups in total. The van der Waals surface area contributed by atoms with Crippen LogP contribution in [0, 0.1) is 0 Å². The van der Waals surface area contributed by atoms with Crippen molar-refractivity contribution in [3.63, 3.8) is 0 Å². The van der Waals surface area contributed by atoms with Crippen molar-refractivity contribution in [2.24, 2.45) is 0 Å². The van der Waals surface area contributed by atoms with Crippen LogP contribution in [0.3, 0.4) is 0 Å². The molecule has 5 nitrogen and oxygen atoms in total. The average molecular weight is 331 g/mol. The van der Waals surface area contributed by atoms with Crippen molar-refractivity contribution < 1.29 is 14.3 Å². The summed E-state index contributed by atoms with van der Waals surface area (Å²) in [7, 11) is 0. The lowest BCUT2D eigenvalue weighted by atomic mass is 10.1. The van der Waals surface area contributed by atoms with Crippen molar-refractivity contribution in [3.8, 4) is 0 Å². The first-order valence-electron chi connectivity index (χ1n) is 6.68. The number of halogens is 2. The van der Waals surface area contributed by atoms with Crippen molar-refractivity contribution >= 4 is 35.2 Å². The van der Waals surface area contributed by atoms with Crippen molar-refractivity contribution in [2.45, 2.75) is 12.8 Å². The maximum Gasteiger partial charge on any atom is 0.409 e. The monoisotopic (exact) mass is 330 g/mol. The van der Waals surface area contributed by atoms with E-state index in [1.165, 1.54) is 4.90 Å². The van der Waals surface area contributed by atoms with Crippen LogP contribution < -0.4 is 5.32 Å². The number of benzene rings is 1. The summed E-state index contributed by atoms with van der Waals surface area (Å²) in [6.45, 7) is 1.83. The number of amides is 2.